The predicted octanol–water partition coefficient (Wildman–Crippen LogP) is 4.38. The fourth-order valence-electron chi connectivity index (χ4n) is 4.34. The number of aryl methyl sites for hydroxylation is 2. The normalized spacial score (nSPS) is 11.4. The number of imidazole rings is 1. The quantitative estimate of drug-likeness (QED) is 0.405. The van der Waals surface area contributed by atoms with Gasteiger partial charge in [-0.15, -0.1) is 0 Å². The Hall–Kier alpha value is -4.82. The van der Waals surface area contributed by atoms with Gasteiger partial charge >= 0.3 is 0 Å². The van der Waals surface area contributed by atoms with Gasteiger partial charge < -0.3 is 0 Å². The van der Waals surface area contributed by atoms with Crippen molar-refractivity contribution in [2.45, 2.75) is 20.3 Å². The Morgan fingerprint density at radius 3 is 2.27 bits per heavy atom. The first-order valence-electron chi connectivity index (χ1n) is 10.5. The van der Waals surface area contributed by atoms with Crippen LogP contribution in [0.25, 0.3) is 44.6 Å². The van der Waals surface area contributed by atoms with Crippen molar-refractivity contribution in [1.29, 1.82) is 10.5 Å². The van der Waals surface area contributed by atoms with Gasteiger partial charge in [-0.05, 0) is 31.2 Å². The Morgan fingerprint density at radius 1 is 0.818 bits per heavy atom. The largest absolute Gasteiger partial charge is 0.280 e. The molecule has 0 saturated heterocycles. The smallest absolute Gasteiger partial charge is 0.179 e. The molecule has 0 bridgehead atoms. The van der Waals surface area contributed by atoms with Crippen LogP contribution in [0.1, 0.15) is 29.7 Å². The minimum Gasteiger partial charge on any atom is -0.280 e. The Bertz CT molecular complexity index is 1830. The summed E-state index contributed by atoms with van der Waals surface area (Å²) in [6.45, 7) is 4.08. The molecule has 156 valence electrons. The van der Waals surface area contributed by atoms with Crippen LogP contribution in [0.3, 0.4) is 0 Å². The van der Waals surface area contributed by atoms with E-state index in [0.29, 0.717) is 34.3 Å². The van der Waals surface area contributed by atoms with E-state index in [4.69, 9.17) is 9.97 Å². The van der Waals surface area contributed by atoms with E-state index in [9.17, 15) is 10.5 Å². The monoisotopic (exact) mass is 428 g/mol. The highest BCUT2D eigenvalue weighted by molar-refractivity contribution is 6.12. The molecule has 0 aliphatic heterocycles. The first kappa shape index (κ1) is 18.9. The Balaban J connectivity index is 1.91. The zero-order chi connectivity index (χ0) is 22.7. The second kappa shape index (κ2) is 6.84. The summed E-state index contributed by atoms with van der Waals surface area (Å²) >= 11 is 0. The number of fused-ring (bicyclic) bond motifs is 7. The zero-order valence-electron chi connectivity index (χ0n) is 17.9. The standard InChI is InChI=1S/C25H16N8/c1-3-20-31-24-21(23-29-16-6-4-5-7-19(16)33(20)23)22-25(30-18(13-27)17(12-26)28-22)32(24)15-10-8-14(2)9-11-15/h4-11H,3H2,1-2H3. The Labute approximate surface area is 188 Å². The number of aromatic nitrogens is 6. The second-order valence-corrected chi connectivity index (χ2v) is 7.83. The molecule has 8 heteroatoms. The van der Waals surface area contributed by atoms with Crippen molar-refractivity contribution in [2.24, 2.45) is 0 Å². The van der Waals surface area contributed by atoms with Gasteiger partial charge in [0.05, 0.1) is 16.4 Å². The minimum atomic E-state index is -0.0126. The lowest BCUT2D eigenvalue weighted by Gasteiger charge is -2.09. The molecule has 0 aliphatic carbocycles. The maximum atomic E-state index is 9.60. The molecule has 0 radical (unpaired) electrons. The molecule has 6 rings (SSSR count). The molecule has 0 unspecified atom stereocenters. The third-order valence-corrected chi connectivity index (χ3v) is 5.86. The van der Waals surface area contributed by atoms with Crippen molar-refractivity contribution in [3.05, 3.63) is 71.3 Å². The molecule has 4 aromatic heterocycles. The van der Waals surface area contributed by atoms with Gasteiger partial charge in [-0.25, -0.2) is 19.9 Å². The third-order valence-electron chi connectivity index (χ3n) is 5.86. The van der Waals surface area contributed by atoms with E-state index in [1.54, 1.807) is 0 Å². The predicted molar refractivity (Wildman–Crippen MR) is 124 cm³/mol. The SMILES string of the molecule is CCc1nc2c(c3nc(C#N)c(C#N)nc3n2-c2ccc(C)cc2)c2nc3ccccc3n12. The molecule has 0 fully saturated rings. The highest BCUT2D eigenvalue weighted by atomic mass is 15.2. The van der Waals surface area contributed by atoms with Gasteiger partial charge in [-0.2, -0.15) is 10.5 Å². The van der Waals surface area contributed by atoms with E-state index in [2.05, 4.69) is 16.9 Å². The highest BCUT2D eigenvalue weighted by Crippen LogP contribution is 2.34. The summed E-state index contributed by atoms with van der Waals surface area (Å²) in [4.78, 5) is 19.1. The van der Waals surface area contributed by atoms with Gasteiger partial charge in [0.15, 0.2) is 28.3 Å². The van der Waals surface area contributed by atoms with Gasteiger partial charge in [0.25, 0.3) is 0 Å². The van der Waals surface area contributed by atoms with Gasteiger partial charge in [-0.3, -0.25) is 8.97 Å². The number of benzene rings is 2. The fraction of sp³-hybridized carbons (Fsp3) is 0.120. The van der Waals surface area contributed by atoms with E-state index in [0.717, 1.165) is 28.1 Å². The third kappa shape index (κ3) is 2.55. The average Bonchev–Trinajstić information content (AvgIpc) is 3.38. The summed E-state index contributed by atoms with van der Waals surface area (Å²) < 4.78 is 3.94. The molecular formula is C25H16N8. The molecule has 4 heterocycles. The van der Waals surface area contributed by atoms with E-state index in [1.807, 2.05) is 76.6 Å². The second-order valence-electron chi connectivity index (χ2n) is 7.83. The number of hydrogen-bond acceptors (Lipinski definition) is 6. The van der Waals surface area contributed by atoms with Gasteiger partial charge in [-0.1, -0.05) is 36.8 Å². The maximum absolute atomic E-state index is 9.60. The number of nitrogens with zero attached hydrogens (tertiary/aromatic N) is 8. The van der Waals surface area contributed by atoms with Crippen LogP contribution in [0.15, 0.2) is 48.5 Å². The van der Waals surface area contributed by atoms with E-state index in [-0.39, 0.29) is 11.4 Å². The van der Waals surface area contributed by atoms with E-state index in [1.165, 1.54) is 0 Å². The molecule has 8 nitrogen and oxygen atoms in total. The molecule has 6 aromatic rings. The topological polar surface area (TPSA) is 108 Å². The lowest BCUT2D eigenvalue weighted by Crippen LogP contribution is -2.04. The molecule has 0 saturated carbocycles. The van der Waals surface area contributed by atoms with Crippen LogP contribution in [0.5, 0.6) is 0 Å². The van der Waals surface area contributed by atoms with Crippen molar-refractivity contribution >= 4 is 38.9 Å². The van der Waals surface area contributed by atoms with Crippen LogP contribution in [0, 0.1) is 29.6 Å². The van der Waals surface area contributed by atoms with Crippen LogP contribution < -0.4 is 0 Å². The number of rotatable bonds is 2. The fourth-order valence-corrected chi connectivity index (χ4v) is 4.34. The van der Waals surface area contributed by atoms with Crippen molar-refractivity contribution < 1.29 is 0 Å². The summed E-state index contributed by atoms with van der Waals surface area (Å²) in [5, 5.41) is 19.9. The number of nitriles is 2. The van der Waals surface area contributed by atoms with Crippen LogP contribution in [-0.4, -0.2) is 28.9 Å². The zero-order valence-corrected chi connectivity index (χ0v) is 17.9. The molecule has 2 aromatic carbocycles. The summed E-state index contributed by atoms with van der Waals surface area (Å²) in [5.74, 6) is 0.850. The molecule has 0 N–H and O–H groups in total. The van der Waals surface area contributed by atoms with Crippen molar-refractivity contribution in [3.8, 4) is 17.8 Å². The molecule has 0 amide bonds. The van der Waals surface area contributed by atoms with Gasteiger partial charge in [0.1, 0.15) is 23.5 Å². The van der Waals surface area contributed by atoms with Crippen molar-refractivity contribution in [1.82, 2.24) is 28.9 Å². The Morgan fingerprint density at radius 2 is 1.55 bits per heavy atom. The lowest BCUT2D eigenvalue weighted by atomic mass is 10.2. The van der Waals surface area contributed by atoms with E-state index >= 15 is 0 Å². The summed E-state index contributed by atoms with van der Waals surface area (Å²) in [6.07, 6.45) is 0.690. The number of para-hydroxylation sites is 2. The average molecular weight is 428 g/mol. The first-order chi connectivity index (χ1) is 16.1. The molecular weight excluding hydrogens is 412 g/mol. The lowest BCUT2D eigenvalue weighted by molar-refractivity contribution is 0.917. The van der Waals surface area contributed by atoms with Gasteiger partial charge in [0, 0.05) is 12.1 Å². The highest BCUT2D eigenvalue weighted by Gasteiger charge is 2.24. The minimum absolute atomic E-state index is 0.0122. The van der Waals surface area contributed by atoms with Crippen LogP contribution >= 0.6 is 0 Å². The molecule has 33 heavy (non-hydrogen) atoms. The summed E-state index contributed by atoms with van der Waals surface area (Å²) in [5.41, 5.74) is 6.07. The molecule has 0 aliphatic rings. The Kier molecular flexibility index (Phi) is 3.92. The summed E-state index contributed by atoms with van der Waals surface area (Å²) in [7, 11) is 0. The molecule has 0 spiro atoms. The number of hydrogen-bond donors (Lipinski definition) is 0. The summed E-state index contributed by atoms with van der Waals surface area (Å²) in [6, 6.07) is 19.9. The van der Waals surface area contributed by atoms with Gasteiger partial charge in [0.2, 0.25) is 0 Å². The van der Waals surface area contributed by atoms with Crippen molar-refractivity contribution in [2.75, 3.05) is 0 Å². The van der Waals surface area contributed by atoms with E-state index < -0.39 is 0 Å². The van der Waals surface area contributed by atoms with Crippen LogP contribution in [-0.2, 0) is 6.42 Å². The van der Waals surface area contributed by atoms with Crippen molar-refractivity contribution in [3.63, 3.8) is 0 Å². The van der Waals surface area contributed by atoms with Crippen LogP contribution in [0.2, 0.25) is 0 Å². The van der Waals surface area contributed by atoms with Crippen LogP contribution in [0.4, 0.5) is 0 Å². The maximum Gasteiger partial charge on any atom is 0.179 e. The molecule has 0 atom stereocenters. The first-order valence-corrected chi connectivity index (χ1v) is 10.5.